The van der Waals surface area contributed by atoms with Gasteiger partial charge in [0.1, 0.15) is 17.2 Å². The molecule has 0 saturated heterocycles. The van der Waals surface area contributed by atoms with Crippen LogP contribution in [0.15, 0.2) is 36.4 Å². The number of rotatable bonds is 6. The number of anilines is 2. The Bertz CT molecular complexity index is 1060. The number of fused-ring (bicyclic) bond motifs is 1. The summed E-state index contributed by atoms with van der Waals surface area (Å²) >= 11 is 0. The second kappa shape index (κ2) is 8.24. The predicted molar refractivity (Wildman–Crippen MR) is 112 cm³/mol. The number of nitrogens with one attached hydrogen (secondary N) is 3. The molecule has 3 aromatic rings. The molecule has 2 heterocycles. The summed E-state index contributed by atoms with van der Waals surface area (Å²) in [6.45, 7) is 2.17. The lowest BCUT2D eigenvalue weighted by atomic mass is 10.1. The lowest BCUT2D eigenvalue weighted by molar-refractivity contribution is 0.174. The summed E-state index contributed by atoms with van der Waals surface area (Å²) in [5, 5.41) is 13.1. The highest BCUT2D eigenvalue weighted by Crippen LogP contribution is 2.38. The van der Waals surface area contributed by atoms with Crippen molar-refractivity contribution in [2.45, 2.75) is 13.3 Å². The number of benzene rings is 2. The number of ether oxygens (including phenoxy) is 4. The number of urea groups is 1. The van der Waals surface area contributed by atoms with Gasteiger partial charge in [-0.05, 0) is 24.6 Å². The fraction of sp³-hybridized carbons (Fsp3) is 0.238. The molecule has 0 bridgehead atoms. The fourth-order valence-corrected chi connectivity index (χ4v) is 3.18. The molecule has 156 valence electrons. The SMILES string of the molecule is CCc1[nH]nc(-c2ccc3c(c2)OCO3)c1NC(=O)Nc1cc(OC)cc(OC)c1. The molecule has 0 atom stereocenters. The average Bonchev–Trinajstić information content (AvgIpc) is 3.39. The maximum atomic E-state index is 12.7. The monoisotopic (exact) mass is 410 g/mol. The first kappa shape index (κ1) is 19.4. The van der Waals surface area contributed by atoms with Crippen molar-refractivity contribution in [1.29, 1.82) is 0 Å². The van der Waals surface area contributed by atoms with Gasteiger partial charge < -0.3 is 29.6 Å². The van der Waals surface area contributed by atoms with Crippen molar-refractivity contribution in [2.24, 2.45) is 0 Å². The number of methoxy groups -OCH3 is 2. The summed E-state index contributed by atoms with van der Waals surface area (Å²) in [5.74, 6) is 2.48. The minimum atomic E-state index is -0.414. The molecular formula is C21H22N4O5. The summed E-state index contributed by atoms with van der Waals surface area (Å²) in [4.78, 5) is 12.7. The molecule has 3 N–H and O–H groups in total. The number of aromatic nitrogens is 2. The summed E-state index contributed by atoms with van der Waals surface area (Å²) in [6.07, 6.45) is 0.667. The van der Waals surface area contributed by atoms with Crippen LogP contribution in [0.3, 0.4) is 0 Å². The van der Waals surface area contributed by atoms with E-state index in [9.17, 15) is 4.79 Å². The van der Waals surface area contributed by atoms with Gasteiger partial charge >= 0.3 is 6.03 Å². The first-order valence-electron chi connectivity index (χ1n) is 9.39. The summed E-state index contributed by atoms with van der Waals surface area (Å²) in [7, 11) is 3.10. The third kappa shape index (κ3) is 3.82. The molecule has 4 rings (SSSR count). The Morgan fingerprint density at radius 1 is 1.07 bits per heavy atom. The molecule has 30 heavy (non-hydrogen) atoms. The van der Waals surface area contributed by atoms with Crippen LogP contribution in [0.5, 0.6) is 23.0 Å². The third-order valence-electron chi connectivity index (χ3n) is 4.69. The van der Waals surface area contributed by atoms with Gasteiger partial charge in [-0.1, -0.05) is 6.92 Å². The molecule has 0 spiro atoms. The maximum absolute atomic E-state index is 12.7. The fourth-order valence-electron chi connectivity index (χ4n) is 3.18. The number of aromatic amines is 1. The predicted octanol–water partition coefficient (Wildman–Crippen LogP) is 4.03. The van der Waals surface area contributed by atoms with Crippen LogP contribution in [-0.4, -0.2) is 37.2 Å². The lowest BCUT2D eigenvalue weighted by Crippen LogP contribution is -2.20. The average molecular weight is 410 g/mol. The number of carbonyl (C=O) groups is 1. The van der Waals surface area contributed by atoms with Crippen LogP contribution < -0.4 is 29.6 Å². The molecule has 2 amide bonds. The van der Waals surface area contributed by atoms with E-state index in [1.54, 1.807) is 32.4 Å². The summed E-state index contributed by atoms with van der Waals surface area (Å²) < 4.78 is 21.3. The normalized spacial score (nSPS) is 11.8. The van der Waals surface area contributed by atoms with Crippen LogP contribution in [-0.2, 0) is 6.42 Å². The van der Waals surface area contributed by atoms with Crippen molar-refractivity contribution >= 4 is 17.4 Å². The molecule has 0 fully saturated rings. The molecule has 9 heteroatoms. The zero-order valence-corrected chi connectivity index (χ0v) is 16.9. The number of hydrogen-bond acceptors (Lipinski definition) is 6. The Morgan fingerprint density at radius 2 is 1.80 bits per heavy atom. The van der Waals surface area contributed by atoms with Gasteiger partial charge in [0.25, 0.3) is 0 Å². The number of H-pyrrole nitrogens is 1. The standard InChI is InChI=1S/C21H22N4O5/c1-4-16-20(19(25-24-16)12-5-6-17-18(7-12)30-11-29-17)23-21(26)22-13-8-14(27-2)10-15(9-13)28-3/h5-10H,4,11H2,1-3H3,(H,24,25)(H2,22,23,26). The van der Waals surface area contributed by atoms with E-state index in [0.29, 0.717) is 46.5 Å². The van der Waals surface area contributed by atoms with E-state index in [4.69, 9.17) is 18.9 Å². The molecule has 2 aromatic carbocycles. The van der Waals surface area contributed by atoms with Crippen molar-refractivity contribution in [3.05, 3.63) is 42.1 Å². The van der Waals surface area contributed by atoms with Crippen molar-refractivity contribution in [3.8, 4) is 34.3 Å². The zero-order valence-electron chi connectivity index (χ0n) is 16.9. The van der Waals surface area contributed by atoms with Gasteiger partial charge in [0.15, 0.2) is 11.5 Å². The van der Waals surface area contributed by atoms with Crippen LogP contribution in [0.2, 0.25) is 0 Å². The Labute approximate surface area is 173 Å². The lowest BCUT2D eigenvalue weighted by Gasteiger charge is -2.12. The first-order valence-corrected chi connectivity index (χ1v) is 9.39. The minimum absolute atomic E-state index is 0.192. The van der Waals surface area contributed by atoms with Crippen molar-refractivity contribution < 1.29 is 23.7 Å². The third-order valence-corrected chi connectivity index (χ3v) is 4.69. The van der Waals surface area contributed by atoms with Crippen molar-refractivity contribution in [3.63, 3.8) is 0 Å². The van der Waals surface area contributed by atoms with Crippen LogP contribution in [0.1, 0.15) is 12.6 Å². The van der Waals surface area contributed by atoms with Gasteiger partial charge in [-0.15, -0.1) is 0 Å². The van der Waals surface area contributed by atoms with E-state index >= 15 is 0 Å². The van der Waals surface area contributed by atoms with E-state index in [0.717, 1.165) is 11.3 Å². The smallest absolute Gasteiger partial charge is 0.323 e. The molecule has 1 aromatic heterocycles. The zero-order chi connectivity index (χ0) is 21.1. The second-order valence-corrected chi connectivity index (χ2v) is 6.53. The van der Waals surface area contributed by atoms with Gasteiger partial charge in [-0.2, -0.15) is 5.10 Å². The Kier molecular flexibility index (Phi) is 5.34. The first-order chi connectivity index (χ1) is 14.6. The Morgan fingerprint density at radius 3 is 2.50 bits per heavy atom. The highest BCUT2D eigenvalue weighted by atomic mass is 16.7. The summed E-state index contributed by atoms with van der Waals surface area (Å²) in [6, 6.07) is 10.3. The second-order valence-electron chi connectivity index (χ2n) is 6.53. The van der Waals surface area contributed by atoms with Gasteiger partial charge in [0.05, 0.1) is 25.6 Å². The molecule has 0 unspecified atom stereocenters. The Balaban J connectivity index is 1.59. The van der Waals surface area contributed by atoms with Crippen LogP contribution >= 0.6 is 0 Å². The summed E-state index contributed by atoms with van der Waals surface area (Å²) in [5.41, 5.74) is 3.36. The molecule has 1 aliphatic heterocycles. The van der Waals surface area contributed by atoms with Crippen molar-refractivity contribution in [1.82, 2.24) is 10.2 Å². The van der Waals surface area contributed by atoms with E-state index in [2.05, 4.69) is 20.8 Å². The van der Waals surface area contributed by atoms with E-state index in [-0.39, 0.29) is 6.79 Å². The minimum Gasteiger partial charge on any atom is -0.497 e. The van der Waals surface area contributed by atoms with Gasteiger partial charge in [0.2, 0.25) is 6.79 Å². The number of amides is 2. The molecule has 1 aliphatic rings. The molecule has 0 saturated carbocycles. The Hall–Kier alpha value is -3.88. The maximum Gasteiger partial charge on any atom is 0.323 e. The number of hydrogen-bond donors (Lipinski definition) is 3. The molecule has 0 aliphatic carbocycles. The largest absolute Gasteiger partial charge is 0.497 e. The van der Waals surface area contributed by atoms with E-state index < -0.39 is 6.03 Å². The quantitative estimate of drug-likeness (QED) is 0.566. The van der Waals surface area contributed by atoms with Crippen molar-refractivity contribution in [2.75, 3.05) is 31.6 Å². The molecule has 9 nitrogen and oxygen atoms in total. The topological polar surface area (TPSA) is 107 Å². The van der Waals surface area contributed by atoms with Gasteiger partial charge in [0, 0.05) is 29.4 Å². The van der Waals surface area contributed by atoms with E-state index in [1.807, 2.05) is 25.1 Å². The van der Waals surface area contributed by atoms with Gasteiger partial charge in [-0.25, -0.2) is 4.79 Å². The molecular weight excluding hydrogens is 388 g/mol. The highest BCUT2D eigenvalue weighted by Gasteiger charge is 2.20. The number of nitrogens with zero attached hydrogens (tertiary/aromatic N) is 1. The highest BCUT2D eigenvalue weighted by molar-refractivity contribution is 6.02. The number of aryl methyl sites for hydroxylation is 1. The van der Waals surface area contributed by atoms with Crippen LogP contribution in [0, 0.1) is 0 Å². The van der Waals surface area contributed by atoms with E-state index in [1.165, 1.54) is 0 Å². The van der Waals surface area contributed by atoms with Crippen LogP contribution in [0.25, 0.3) is 11.3 Å². The molecule has 0 radical (unpaired) electrons. The number of carbonyl (C=O) groups excluding carboxylic acids is 1. The van der Waals surface area contributed by atoms with Gasteiger partial charge in [-0.3, -0.25) is 5.10 Å². The van der Waals surface area contributed by atoms with Crippen LogP contribution in [0.4, 0.5) is 16.2 Å².